The third-order valence-electron chi connectivity index (χ3n) is 31.6. The Bertz CT molecular complexity index is 6690. The molecule has 0 aliphatic heterocycles. The maximum Gasteiger partial charge on any atom is -0.000000773 e. The topological polar surface area (TPSA) is 0 Å². The molecule has 0 aromatic heterocycles. The van der Waals surface area contributed by atoms with Crippen LogP contribution in [0.1, 0.15) is 383 Å². The number of rotatable bonds is 55. The van der Waals surface area contributed by atoms with E-state index >= 15 is 0 Å². The quantitative estimate of drug-likeness (QED) is 0.0202. The maximum absolute atomic E-state index is 2.81. The molecule has 120 heavy (non-hydrogen) atoms. The molecule has 0 heteroatoms. The van der Waals surface area contributed by atoms with Crippen LogP contribution in [-0.2, 0) is 32.1 Å². The molecule has 0 nitrogen and oxygen atoms in total. The minimum absolute atomic E-state index is 1.13. The van der Waals surface area contributed by atoms with Crippen LogP contribution in [0, 0.1) is 0 Å². The van der Waals surface area contributed by atoms with Gasteiger partial charge in [-0.05, 0) is 297 Å². The number of fused-ring (bicyclic) bond motifs is 8. The molecule has 0 atom stereocenters. The molecule has 0 saturated heterocycles. The third-order valence-corrected chi connectivity index (χ3v) is 31.6. The first-order chi connectivity index (χ1) is 59.5. The van der Waals surface area contributed by atoms with Gasteiger partial charge in [-0.2, -0.15) is 0 Å². The second-order valence-electron chi connectivity index (χ2n) is 40.0. The molecule has 20 rings (SSSR count). The zero-order chi connectivity index (χ0) is 80.7. The van der Waals surface area contributed by atoms with Gasteiger partial charge in [-0.15, -0.1) is 0 Å². The fraction of sp³-hybridized carbons (Fsp3) is 0.500. The Kier molecular flexibility index (Phi) is 24.3. The Morgan fingerprint density at radius 2 is 0.242 bits per heavy atom. The summed E-state index contributed by atoms with van der Waals surface area (Å²) >= 11 is 0. The van der Waals surface area contributed by atoms with E-state index in [4.69, 9.17) is 0 Å². The van der Waals surface area contributed by atoms with E-state index in [1.54, 1.807) is 141 Å². The van der Waals surface area contributed by atoms with Gasteiger partial charge in [0.25, 0.3) is 0 Å². The Labute approximate surface area is 718 Å². The average Bonchev–Trinajstić information content (AvgIpc) is 0.626. The van der Waals surface area contributed by atoms with Gasteiger partial charge in [-0.25, -0.2) is 0 Å². The van der Waals surface area contributed by atoms with E-state index in [2.05, 4.69) is 138 Å². The molecule has 622 valence electrons. The van der Waals surface area contributed by atoms with Gasteiger partial charge >= 0.3 is 0 Å². The van der Waals surface area contributed by atoms with Crippen molar-refractivity contribution in [2.75, 3.05) is 0 Å². The van der Waals surface area contributed by atoms with Gasteiger partial charge in [-0.1, -0.05) is 427 Å². The first-order valence-electron chi connectivity index (χ1n) is 51.4. The molecule has 0 heterocycles. The first-order valence-corrected chi connectivity index (χ1v) is 51.4. The van der Waals surface area contributed by atoms with E-state index < -0.39 is 0 Å². The normalized spacial score (nSPS) is 13.2. The van der Waals surface area contributed by atoms with E-state index in [9.17, 15) is 0 Å². The van der Waals surface area contributed by atoms with E-state index in [-0.39, 0.29) is 0 Å². The highest BCUT2D eigenvalue weighted by atomic mass is 14.4. The van der Waals surface area contributed by atoms with Crippen molar-refractivity contribution in [2.24, 2.45) is 0 Å². The monoisotopic (exact) mass is 1580 g/mol. The fourth-order valence-corrected chi connectivity index (χ4v) is 25.7. The zero-order valence-corrected chi connectivity index (χ0v) is 75.2. The molecule has 0 fully saturated rings. The standard InChI is InChI=1S/C120H142/c1-6-11-16-21-26-31-36-41-46-51-57-78-68-89-84-63-56-62-83-85-64-65-86-90-69-80(59-53-48-43-38-33-28-23-18-13-8-3)74-95-97-76-82(61-55-50-45-40-35-30-25-20-15-10-5)77-98-96-75-81(60-54-49-44-39-34-29-24-19-14-9-4)71-92-88-67-66-87-91-70-79(58-52-47-42-37-32-27-22-17-12-7-2)73-94-93(72-78)100(89)110-109(99(83)84)115-105(85)106(86)116-113(102(90)95)111(104(97)98)114(103(92)96)118-108(88)107(87)117(112(110)101(91)94)119(115)120(116)118/h56,62-77H,6-55,57-61H2,1-5H3. The summed E-state index contributed by atoms with van der Waals surface area (Å²) in [5.74, 6) is 0. The van der Waals surface area contributed by atoms with Gasteiger partial charge in [0.2, 0.25) is 0 Å². The van der Waals surface area contributed by atoms with Crippen molar-refractivity contribution >= 4 is 205 Å². The maximum atomic E-state index is 2.81. The smallest absolute Gasteiger partial charge is 0.000000773 e. The lowest BCUT2D eigenvalue weighted by molar-refractivity contribution is 0.556. The molecular weight excluding hydrogens is 1440 g/mol. The molecule has 0 aliphatic rings. The predicted molar refractivity (Wildman–Crippen MR) is 540 cm³/mol. The van der Waals surface area contributed by atoms with Crippen molar-refractivity contribution in [1.29, 1.82) is 0 Å². The Morgan fingerprint density at radius 3 is 0.433 bits per heavy atom. The number of aryl methyl sites for hydroxylation is 5. The van der Waals surface area contributed by atoms with Gasteiger partial charge < -0.3 is 0 Å². The molecule has 0 aliphatic carbocycles. The number of hydrogen-bond acceptors (Lipinski definition) is 0. The summed E-state index contributed by atoms with van der Waals surface area (Å²) < 4.78 is 0. The molecule has 0 bridgehead atoms. The van der Waals surface area contributed by atoms with Crippen molar-refractivity contribution < 1.29 is 0 Å². The summed E-state index contributed by atoms with van der Waals surface area (Å²) in [7, 11) is 0. The lowest BCUT2D eigenvalue weighted by Crippen LogP contribution is -2.05. The predicted octanol–water partition coefficient (Wildman–Crippen LogP) is 39.7. The van der Waals surface area contributed by atoms with E-state index in [1.807, 2.05) is 0 Å². The van der Waals surface area contributed by atoms with Crippen LogP contribution in [0.3, 0.4) is 0 Å². The van der Waals surface area contributed by atoms with Crippen LogP contribution >= 0.6 is 0 Å². The lowest BCUT2D eigenvalue weighted by atomic mass is 9.69. The van der Waals surface area contributed by atoms with Crippen LogP contribution in [0.15, 0.2) is 103 Å². The van der Waals surface area contributed by atoms with E-state index in [0.717, 1.165) is 32.1 Å². The Hall–Kier alpha value is -7.80. The SMILES string of the molecule is CCCCCCCCCCCCc1cc2c3cccc4c5ccc6c7cc(CCCCCCCCCCCC)cc8c9cc(CCCCCCCCCCCC)cc%10c%11cc(CCCCCCCCCCCC)cc%12c%13ccc%14c%15cc(CCCCCCCCCCCC)cc%16c(c1)c2c1c(c34)c2c5c6c3c(c87)c(c9%10)c(c%11%12)c4c%13c%14c(c1c%16%15)c2c34. The molecule has 0 saturated carbocycles. The minimum atomic E-state index is 1.13. The second-order valence-corrected chi connectivity index (χ2v) is 40.0. The number of benzene rings is 20. The van der Waals surface area contributed by atoms with Crippen molar-refractivity contribution in [3.05, 3.63) is 131 Å². The highest BCUT2D eigenvalue weighted by Gasteiger charge is 2.38. The summed E-state index contributed by atoms with van der Waals surface area (Å²) in [6.45, 7) is 11.8. The molecule has 20 aromatic carbocycles. The van der Waals surface area contributed by atoms with Crippen LogP contribution in [0.4, 0.5) is 0 Å². The first kappa shape index (κ1) is 80.6. The van der Waals surface area contributed by atoms with Crippen molar-refractivity contribution in [3.8, 4) is 0 Å². The van der Waals surface area contributed by atoms with Crippen LogP contribution in [0.2, 0.25) is 0 Å². The Balaban J connectivity index is 0.839. The van der Waals surface area contributed by atoms with Crippen molar-refractivity contribution in [3.63, 3.8) is 0 Å². The summed E-state index contributed by atoms with van der Waals surface area (Å²) in [5, 5.41) is 58.4. The number of hydrogen-bond donors (Lipinski definition) is 0. The largest absolute Gasteiger partial charge is 0.0654 e. The summed E-state index contributed by atoms with van der Waals surface area (Å²) in [6.07, 6.45) is 73.9. The summed E-state index contributed by atoms with van der Waals surface area (Å²) in [5.41, 5.74) is 7.75. The highest BCUT2D eigenvalue weighted by Crippen LogP contribution is 2.66. The van der Waals surface area contributed by atoms with Gasteiger partial charge in [0.05, 0.1) is 0 Å². The Morgan fingerprint density at radius 1 is 0.117 bits per heavy atom. The van der Waals surface area contributed by atoms with Gasteiger partial charge in [-0.3, -0.25) is 0 Å². The molecular formula is C120H142. The van der Waals surface area contributed by atoms with E-state index in [1.165, 1.54) is 413 Å². The van der Waals surface area contributed by atoms with Crippen LogP contribution in [0.25, 0.3) is 205 Å². The second kappa shape index (κ2) is 36.2. The third kappa shape index (κ3) is 14.2. The zero-order valence-electron chi connectivity index (χ0n) is 75.2. The van der Waals surface area contributed by atoms with Crippen molar-refractivity contribution in [2.45, 2.75) is 388 Å². The molecule has 0 N–H and O–H groups in total. The van der Waals surface area contributed by atoms with Crippen LogP contribution in [-0.4, -0.2) is 0 Å². The minimum Gasteiger partial charge on any atom is -0.0654 e. The van der Waals surface area contributed by atoms with Crippen LogP contribution in [0.5, 0.6) is 0 Å². The van der Waals surface area contributed by atoms with Crippen molar-refractivity contribution in [1.82, 2.24) is 0 Å². The lowest BCUT2D eigenvalue weighted by Gasteiger charge is -2.33. The summed E-state index contributed by atoms with van der Waals surface area (Å²) in [6, 6.07) is 46.4. The highest BCUT2D eigenvalue weighted by molar-refractivity contribution is 6.68. The average molecular weight is 1580 g/mol. The molecule has 0 unspecified atom stereocenters. The van der Waals surface area contributed by atoms with Gasteiger partial charge in [0, 0.05) is 0 Å². The molecule has 0 spiro atoms. The summed E-state index contributed by atoms with van der Waals surface area (Å²) in [4.78, 5) is 0. The molecule has 0 radical (unpaired) electrons. The number of unbranched alkanes of at least 4 members (excludes halogenated alkanes) is 45. The van der Waals surface area contributed by atoms with Gasteiger partial charge in [0.1, 0.15) is 0 Å². The van der Waals surface area contributed by atoms with E-state index in [0.29, 0.717) is 0 Å². The van der Waals surface area contributed by atoms with Gasteiger partial charge in [0.15, 0.2) is 0 Å². The fourth-order valence-electron chi connectivity index (χ4n) is 25.7. The van der Waals surface area contributed by atoms with Crippen LogP contribution < -0.4 is 0 Å². The molecule has 20 aromatic rings. The molecule has 0 amide bonds.